The molecule has 0 aliphatic carbocycles. The molecule has 1 aromatic heterocycles. The van der Waals surface area contributed by atoms with E-state index >= 15 is 0 Å². The van der Waals surface area contributed by atoms with E-state index in [0.29, 0.717) is 10.7 Å². The maximum atomic E-state index is 12.1. The predicted molar refractivity (Wildman–Crippen MR) is 104 cm³/mol. The average Bonchev–Trinajstić information content (AvgIpc) is 2.64. The summed E-state index contributed by atoms with van der Waals surface area (Å²) in [7, 11) is 0. The van der Waals surface area contributed by atoms with Crippen molar-refractivity contribution >= 4 is 40.8 Å². The number of nitrogens with one attached hydrogen (secondary N) is 1. The topological polar surface area (TPSA) is 58.1 Å². The highest BCUT2D eigenvalue weighted by atomic mass is 35.5. The molecule has 5 nitrogen and oxygen atoms in total. The fraction of sp³-hybridized carbons (Fsp3) is 0.389. The van der Waals surface area contributed by atoms with Crippen LogP contribution >= 0.6 is 23.4 Å². The van der Waals surface area contributed by atoms with Crippen LogP contribution in [0.15, 0.2) is 35.4 Å². The minimum absolute atomic E-state index is 0.0909. The van der Waals surface area contributed by atoms with Crippen molar-refractivity contribution in [1.29, 1.82) is 0 Å². The molecule has 1 amide bonds. The number of piperidine rings is 1. The van der Waals surface area contributed by atoms with E-state index in [9.17, 15) is 4.79 Å². The number of halogens is 1. The van der Waals surface area contributed by atoms with Gasteiger partial charge in [0.15, 0.2) is 5.82 Å². The van der Waals surface area contributed by atoms with Crippen LogP contribution in [-0.4, -0.2) is 34.9 Å². The molecule has 1 fully saturated rings. The van der Waals surface area contributed by atoms with Gasteiger partial charge >= 0.3 is 0 Å². The monoisotopic (exact) mass is 376 g/mol. The molecule has 132 valence electrons. The molecule has 1 saturated heterocycles. The molecule has 0 radical (unpaired) electrons. The van der Waals surface area contributed by atoms with E-state index in [4.69, 9.17) is 11.6 Å². The third kappa shape index (κ3) is 5.09. The fourth-order valence-corrected chi connectivity index (χ4v) is 3.48. The normalized spacial score (nSPS) is 14.4. The highest BCUT2D eigenvalue weighted by molar-refractivity contribution is 7.99. The Balaban J connectivity index is 1.50. The molecule has 0 spiro atoms. The highest BCUT2D eigenvalue weighted by Gasteiger charge is 2.13. The Morgan fingerprint density at radius 3 is 2.68 bits per heavy atom. The van der Waals surface area contributed by atoms with Gasteiger partial charge in [0.05, 0.1) is 5.75 Å². The second-order valence-corrected chi connectivity index (χ2v) is 7.48. The zero-order chi connectivity index (χ0) is 17.6. The molecule has 25 heavy (non-hydrogen) atoms. The smallest absolute Gasteiger partial charge is 0.234 e. The maximum absolute atomic E-state index is 12.1. The van der Waals surface area contributed by atoms with Gasteiger partial charge in [-0.25, -0.2) is 0 Å². The summed E-state index contributed by atoms with van der Waals surface area (Å²) >= 11 is 7.44. The quantitative estimate of drug-likeness (QED) is 0.794. The van der Waals surface area contributed by atoms with E-state index in [2.05, 4.69) is 20.4 Å². The Hall–Kier alpha value is -1.79. The number of carbonyl (C=O) groups excluding carboxylic acids is 1. The van der Waals surface area contributed by atoms with E-state index in [0.717, 1.165) is 29.5 Å². The molecule has 1 aliphatic rings. The first kappa shape index (κ1) is 18.0. The zero-order valence-electron chi connectivity index (χ0n) is 14.2. The lowest BCUT2D eigenvalue weighted by Gasteiger charge is -2.27. The number of aromatic nitrogens is 2. The molecule has 1 aromatic carbocycles. The van der Waals surface area contributed by atoms with Crippen molar-refractivity contribution in [2.24, 2.45) is 0 Å². The summed E-state index contributed by atoms with van der Waals surface area (Å²) in [6.45, 7) is 4.02. The van der Waals surface area contributed by atoms with Crippen molar-refractivity contribution in [2.45, 2.75) is 31.2 Å². The van der Waals surface area contributed by atoms with Gasteiger partial charge in [0, 0.05) is 23.8 Å². The number of rotatable bonds is 5. The maximum Gasteiger partial charge on any atom is 0.234 e. The largest absolute Gasteiger partial charge is 0.355 e. The molecule has 7 heteroatoms. The summed E-state index contributed by atoms with van der Waals surface area (Å²) in [4.78, 5) is 14.3. The third-order valence-corrected chi connectivity index (χ3v) is 5.44. The number of hydrogen-bond donors (Lipinski definition) is 1. The van der Waals surface area contributed by atoms with Gasteiger partial charge < -0.3 is 10.2 Å². The second kappa shape index (κ2) is 8.54. The van der Waals surface area contributed by atoms with Crippen LogP contribution in [0.25, 0.3) is 0 Å². The molecule has 2 heterocycles. The highest BCUT2D eigenvalue weighted by Crippen LogP contribution is 2.22. The minimum atomic E-state index is -0.0909. The van der Waals surface area contributed by atoms with Crippen molar-refractivity contribution in [2.75, 3.05) is 29.1 Å². The van der Waals surface area contributed by atoms with Crippen LogP contribution in [0.3, 0.4) is 0 Å². The molecule has 0 saturated carbocycles. The minimum Gasteiger partial charge on any atom is -0.355 e. The summed E-state index contributed by atoms with van der Waals surface area (Å²) in [6.07, 6.45) is 3.71. The summed E-state index contributed by atoms with van der Waals surface area (Å²) in [6, 6.07) is 9.40. The number of nitrogens with zero attached hydrogens (tertiary/aromatic N) is 3. The molecule has 0 unspecified atom stereocenters. The van der Waals surface area contributed by atoms with E-state index in [1.165, 1.54) is 31.0 Å². The second-order valence-electron chi connectivity index (χ2n) is 6.08. The van der Waals surface area contributed by atoms with Gasteiger partial charge in [-0.2, -0.15) is 0 Å². The van der Waals surface area contributed by atoms with Crippen LogP contribution < -0.4 is 10.2 Å². The average molecular weight is 377 g/mol. The molecule has 1 aliphatic heterocycles. The van der Waals surface area contributed by atoms with Crippen molar-refractivity contribution < 1.29 is 4.79 Å². The lowest BCUT2D eigenvalue weighted by molar-refractivity contribution is -0.113. The van der Waals surface area contributed by atoms with Crippen LogP contribution in [-0.2, 0) is 4.79 Å². The van der Waals surface area contributed by atoms with Gasteiger partial charge in [0.1, 0.15) is 5.03 Å². The first-order valence-corrected chi connectivity index (χ1v) is 9.76. The Labute approximate surface area is 157 Å². The van der Waals surface area contributed by atoms with Gasteiger partial charge in [0.25, 0.3) is 0 Å². The van der Waals surface area contributed by atoms with Gasteiger partial charge in [0.2, 0.25) is 5.91 Å². The first-order chi connectivity index (χ1) is 12.1. The fourth-order valence-electron chi connectivity index (χ4n) is 2.69. The number of amides is 1. The van der Waals surface area contributed by atoms with E-state index in [1.807, 2.05) is 31.2 Å². The van der Waals surface area contributed by atoms with Crippen LogP contribution in [0.2, 0.25) is 5.02 Å². The van der Waals surface area contributed by atoms with E-state index in [1.54, 1.807) is 6.07 Å². The lowest BCUT2D eigenvalue weighted by Crippen LogP contribution is -2.30. The number of benzene rings is 1. The third-order valence-electron chi connectivity index (χ3n) is 4.11. The van der Waals surface area contributed by atoms with Crippen molar-refractivity contribution in [3.05, 3.63) is 40.9 Å². The van der Waals surface area contributed by atoms with Crippen molar-refractivity contribution in [3.63, 3.8) is 0 Å². The number of hydrogen-bond acceptors (Lipinski definition) is 5. The van der Waals surface area contributed by atoms with E-state index in [-0.39, 0.29) is 11.7 Å². The number of thioether (sulfide) groups is 1. The molecule has 3 rings (SSSR count). The van der Waals surface area contributed by atoms with Crippen LogP contribution in [0.5, 0.6) is 0 Å². The Morgan fingerprint density at radius 2 is 2.00 bits per heavy atom. The number of aryl methyl sites for hydroxylation is 1. The number of carbonyl (C=O) groups is 1. The molecular formula is C18H21ClN4OS. The van der Waals surface area contributed by atoms with Crippen molar-refractivity contribution in [3.8, 4) is 0 Å². The van der Waals surface area contributed by atoms with Gasteiger partial charge in [-0.15, -0.1) is 10.2 Å². The SMILES string of the molecule is Cc1ccc(NC(=O)CSc2ccc(N3CCCCC3)nn2)cc1Cl. The van der Waals surface area contributed by atoms with Crippen LogP contribution in [0.4, 0.5) is 11.5 Å². The van der Waals surface area contributed by atoms with Crippen LogP contribution in [0, 0.1) is 6.92 Å². The Morgan fingerprint density at radius 1 is 1.20 bits per heavy atom. The molecular weight excluding hydrogens is 356 g/mol. The molecule has 2 aromatic rings. The first-order valence-electron chi connectivity index (χ1n) is 8.39. The van der Waals surface area contributed by atoms with Gasteiger partial charge in [-0.1, -0.05) is 29.4 Å². The Bertz CT molecular complexity index is 732. The molecule has 1 N–H and O–H groups in total. The van der Waals surface area contributed by atoms with Gasteiger partial charge in [-0.05, 0) is 56.0 Å². The van der Waals surface area contributed by atoms with Gasteiger partial charge in [-0.3, -0.25) is 4.79 Å². The molecule has 0 bridgehead atoms. The van der Waals surface area contributed by atoms with E-state index < -0.39 is 0 Å². The predicted octanol–water partition coefficient (Wildman–Crippen LogP) is 4.16. The number of anilines is 2. The summed E-state index contributed by atoms with van der Waals surface area (Å²) in [5.41, 5.74) is 1.69. The standard InChI is InChI=1S/C18H21ClN4OS/c1-13-5-6-14(11-15(13)19)20-17(24)12-25-18-8-7-16(21-22-18)23-9-3-2-4-10-23/h5-8,11H,2-4,9-10,12H2,1H3,(H,20,24). The van der Waals surface area contributed by atoms with Crippen LogP contribution in [0.1, 0.15) is 24.8 Å². The van der Waals surface area contributed by atoms with Crippen molar-refractivity contribution in [1.82, 2.24) is 10.2 Å². The Kier molecular flexibility index (Phi) is 6.15. The summed E-state index contributed by atoms with van der Waals surface area (Å²) in [5.74, 6) is 1.11. The molecule has 0 atom stereocenters. The summed E-state index contributed by atoms with van der Waals surface area (Å²) < 4.78 is 0. The zero-order valence-corrected chi connectivity index (χ0v) is 15.7. The summed E-state index contributed by atoms with van der Waals surface area (Å²) in [5, 5.41) is 12.8. The lowest BCUT2D eigenvalue weighted by atomic mass is 10.1.